The minimum absolute atomic E-state index is 0.00559. The van der Waals surface area contributed by atoms with E-state index in [1.54, 1.807) is 0 Å². The monoisotopic (exact) mass is 1160 g/mol. The molecule has 0 saturated carbocycles. The Morgan fingerprint density at radius 2 is 1.29 bits per heavy atom. The van der Waals surface area contributed by atoms with Crippen molar-refractivity contribution in [2.45, 2.75) is 79.8 Å². The predicted molar refractivity (Wildman–Crippen MR) is 243 cm³/mol. The molecule has 0 bridgehead atoms. The lowest BCUT2D eigenvalue weighted by Crippen LogP contribution is -2.38. The average molecular weight is 1160 g/mol. The fourth-order valence-corrected chi connectivity index (χ4v) is 13.1. The standard InChI is InChI=1S/C33H47N15O24P4/c1-45-10-48(26-16(45)28(53)44-33(36)42-26)30-19(51)20(62-2)12(68-30)5-65-74(56,57)71-76(60,61)72-75(58,59)66-6-13-21(22(63-3)31(69-13)46-8-39-14-23(34)37-7-38-24(14)46)70-73(54,55)64-4-11-17(49)18(50)29(67-11)47-9-40-15-25(47)41-32(35)43-27(15)52/h7-13,17-22,27,29-31,49-52H,4-6H2,1-3H3,(H11-,34,35,36,37,38,41,42,43,44,53,54,55,56,57,58,59,60,61)/p+1/t11-,12+,13-,17+,18+,19?,20?,21+,22+,27?,29-,30+,31-/m1/s1. The number of aliphatic hydroxyl groups is 4. The number of phosphoric acid groups is 4. The lowest BCUT2D eigenvalue weighted by molar-refractivity contribution is -0.646. The number of aromatic amines is 1. The fraction of sp³-hybridized carbons (Fsp3) is 0.576. The van der Waals surface area contributed by atoms with Gasteiger partial charge in [0.05, 0.1) is 39.5 Å². The Morgan fingerprint density at radius 1 is 0.697 bits per heavy atom. The number of nitrogens with zero attached hydrogens (tertiary/aromatic N) is 10. The highest BCUT2D eigenvalue weighted by atomic mass is 31.3. The van der Waals surface area contributed by atoms with Gasteiger partial charge in [0.2, 0.25) is 18.5 Å². The van der Waals surface area contributed by atoms with Gasteiger partial charge in [0.1, 0.15) is 72.5 Å². The summed E-state index contributed by atoms with van der Waals surface area (Å²) in [4.78, 5) is 81.7. The Balaban J connectivity index is 0.863. The van der Waals surface area contributed by atoms with E-state index in [4.69, 9.17) is 59.0 Å². The molecule has 7 unspecified atom stereocenters. The quantitative estimate of drug-likeness (QED) is 0.0259. The van der Waals surface area contributed by atoms with Gasteiger partial charge in [-0.1, -0.05) is 0 Å². The number of nitrogens with one attached hydrogen (secondary N) is 2. The molecule has 16 N–H and O–H groups in total. The van der Waals surface area contributed by atoms with Crippen molar-refractivity contribution in [3.8, 4) is 0 Å². The maximum Gasteiger partial charge on any atom is 0.490 e. The molecule has 5 aromatic rings. The highest BCUT2D eigenvalue weighted by molar-refractivity contribution is 7.66. The van der Waals surface area contributed by atoms with Gasteiger partial charge in [-0.2, -0.15) is 23.2 Å². The highest BCUT2D eigenvalue weighted by Gasteiger charge is 2.54. The van der Waals surface area contributed by atoms with Gasteiger partial charge >= 0.3 is 36.9 Å². The number of ether oxygens (including phenoxy) is 5. The number of hydrogen-bond donors (Lipinski definition) is 13. The lowest BCUT2D eigenvalue weighted by atomic mass is 10.1. The molecule has 0 aromatic carbocycles. The molecule has 4 aliphatic rings. The first-order valence-corrected chi connectivity index (χ1v) is 27.7. The van der Waals surface area contributed by atoms with Crippen LogP contribution < -0.4 is 32.6 Å². The van der Waals surface area contributed by atoms with E-state index in [0.717, 1.165) is 37.8 Å². The molecule has 418 valence electrons. The molecule has 0 spiro atoms. The number of aliphatic hydroxyl groups excluding tert-OH is 4. The van der Waals surface area contributed by atoms with E-state index in [1.165, 1.54) is 27.1 Å². The number of H-pyrrole nitrogens is 1. The second kappa shape index (κ2) is 21.1. The number of aromatic nitrogens is 10. The number of hydrogen-bond acceptors (Lipinski definition) is 30. The van der Waals surface area contributed by atoms with Crippen LogP contribution in [0.1, 0.15) is 30.6 Å². The highest BCUT2D eigenvalue weighted by Crippen LogP contribution is 2.68. The second-order valence-electron chi connectivity index (χ2n) is 16.8. The van der Waals surface area contributed by atoms with Crippen LogP contribution in [0.15, 0.2) is 35.1 Å². The Kier molecular flexibility index (Phi) is 15.5. The van der Waals surface area contributed by atoms with Crippen LogP contribution in [0.5, 0.6) is 0 Å². The summed E-state index contributed by atoms with van der Waals surface area (Å²) in [5.74, 6) is -0.613. The number of fused-ring (bicyclic) bond motifs is 3. The maximum absolute atomic E-state index is 13.7. The molecule has 39 nitrogen and oxygen atoms in total. The normalized spacial score (nSPS) is 31.9. The van der Waals surface area contributed by atoms with E-state index in [2.05, 4.69) is 48.8 Å². The van der Waals surface area contributed by atoms with Crippen molar-refractivity contribution in [3.63, 3.8) is 0 Å². The van der Waals surface area contributed by atoms with Crippen LogP contribution in [0.25, 0.3) is 22.3 Å². The first-order valence-electron chi connectivity index (χ1n) is 21.7. The smallest absolute Gasteiger partial charge is 0.387 e. The summed E-state index contributed by atoms with van der Waals surface area (Å²) in [6, 6.07) is 0. The number of nitrogen functional groups attached to an aromatic ring is 2. The minimum Gasteiger partial charge on any atom is -0.387 e. The Hall–Kier alpha value is -4.86. The summed E-state index contributed by atoms with van der Waals surface area (Å²) in [5.41, 5.74) is 16.8. The van der Waals surface area contributed by atoms with Gasteiger partial charge in [-0.05, 0) is 0 Å². The first kappa shape index (κ1) is 55.9. The summed E-state index contributed by atoms with van der Waals surface area (Å²) in [6.45, 7) is -3.22. The molecule has 3 saturated heterocycles. The van der Waals surface area contributed by atoms with Crippen molar-refractivity contribution < 1.29 is 113 Å². The zero-order valence-corrected chi connectivity index (χ0v) is 42.6. The molecule has 0 radical (unpaired) electrons. The molecule has 4 aliphatic heterocycles. The number of nitrogens with two attached hydrogens (primary N) is 3. The molecule has 76 heavy (non-hydrogen) atoms. The second-order valence-corrected chi connectivity index (χ2v) is 22.8. The number of aliphatic imine (C=N–C) groups is 1. The fourth-order valence-electron chi connectivity index (χ4n) is 8.66. The van der Waals surface area contributed by atoms with Gasteiger partial charge in [-0.15, -0.1) is 0 Å². The summed E-state index contributed by atoms with van der Waals surface area (Å²) in [5, 5.41) is 45.6. The molecule has 9 heterocycles. The zero-order chi connectivity index (χ0) is 55.0. The summed E-state index contributed by atoms with van der Waals surface area (Å²) < 4.78 is 115. The molecule has 43 heteroatoms. The van der Waals surface area contributed by atoms with Crippen molar-refractivity contribution >= 4 is 77.2 Å². The van der Waals surface area contributed by atoms with Crippen LogP contribution in [0.4, 0.5) is 17.6 Å². The van der Waals surface area contributed by atoms with Gasteiger partial charge in [0, 0.05) is 14.2 Å². The summed E-state index contributed by atoms with van der Waals surface area (Å²) >= 11 is 0. The van der Waals surface area contributed by atoms with Crippen molar-refractivity contribution in [2.75, 3.05) is 45.5 Å². The van der Waals surface area contributed by atoms with Crippen molar-refractivity contribution in [2.24, 2.45) is 17.8 Å². The van der Waals surface area contributed by atoms with E-state index in [-0.39, 0.29) is 51.6 Å². The number of phosphoric ester groups is 3. The molecule has 17 atom stereocenters. The number of imidazole rings is 3. The summed E-state index contributed by atoms with van der Waals surface area (Å²) in [6.07, 6.45) is -15.7. The maximum atomic E-state index is 13.7. The van der Waals surface area contributed by atoms with Gasteiger partial charge in [-0.3, -0.25) is 37.0 Å². The van der Waals surface area contributed by atoms with Crippen LogP contribution in [-0.4, -0.2) is 179 Å². The molecular weight excluding hydrogens is 1110 g/mol. The number of methoxy groups -OCH3 is 2. The molecule has 5 aromatic heterocycles. The minimum atomic E-state index is -6.18. The van der Waals surface area contributed by atoms with Crippen LogP contribution in [0.3, 0.4) is 0 Å². The zero-order valence-electron chi connectivity index (χ0n) is 39.0. The van der Waals surface area contributed by atoms with E-state index >= 15 is 0 Å². The summed E-state index contributed by atoms with van der Waals surface area (Å²) in [7, 11) is -19.6. The van der Waals surface area contributed by atoms with E-state index in [1.807, 2.05) is 0 Å². The van der Waals surface area contributed by atoms with Crippen molar-refractivity contribution in [1.82, 2.24) is 48.9 Å². The topological polar surface area (TPSA) is 550 Å². The van der Waals surface area contributed by atoms with Crippen LogP contribution in [-0.2, 0) is 75.7 Å². The largest absolute Gasteiger partial charge is 0.490 e. The number of anilines is 2. The molecular formula is C33H48N15O24P4+. The number of guanidine groups is 1. The third kappa shape index (κ3) is 11.1. The Labute approximate surface area is 423 Å². The van der Waals surface area contributed by atoms with Gasteiger partial charge < -0.3 is 86.2 Å². The number of rotatable bonds is 20. The molecule has 9 rings (SSSR count). The predicted octanol–water partition coefficient (Wildman–Crippen LogP) is -4.33. The van der Waals surface area contributed by atoms with E-state index in [9.17, 15) is 63.1 Å². The Morgan fingerprint density at radius 3 is 1.96 bits per heavy atom. The molecule has 0 aliphatic carbocycles. The third-order valence-corrected chi connectivity index (χ3v) is 17.2. The van der Waals surface area contributed by atoms with Crippen molar-refractivity contribution in [3.05, 3.63) is 41.4 Å². The van der Waals surface area contributed by atoms with E-state index < -0.39 is 137 Å². The van der Waals surface area contributed by atoms with Crippen molar-refractivity contribution in [1.29, 1.82) is 0 Å². The number of aryl methyl sites for hydroxylation is 1. The Bertz CT molecular complexity index is 3290. The molecule has 3 fully saturated rings. The van der Waals surface area contributed by atoms with Gasteiger partial charge in [0.25, 0.3) is 11.2 Å². The van der Waals surface area contributed by atoms with Crippen LogP contribution in [0.2, 0.25) is 0 Å². The van der Waals surface area contributed by atoms with Crippen LogP contribution in [0, 0.1) is 0 Å². The van der Waals surface area contributed by atoms with Gasteiger partial charge in [-0.25, -0.2) is 42.8 Å². The third-order valence-electron chi connectivity index (χ3n) is 11.9. The molecule has 0 amide bonds. The lowest BCUT2D eigenvalue weighted by Gasteiger charge is -2.26. The van der Waals surface area contributed by atoms with E-state index in [0.29, 0.717) is 0 Å². The SMILES string of the molecule is COC1C(O)[C@@H](n2c[n+](C)c3c(=O)[nH]c(N)nc32)O[C@H]1COP(=O)(O)OP(=O)(O)OP(=O)(O)OC[C@H]1O[C@@H](n2cnc3c(N)ncnc32)[C@@H](OC)[C@H]1OP(=O)(O)OC[C@H]1O[C@@H](n2cnc3c2N=C(N)NC3O)[C@@H](O)[C@H]1O. The van der Waals surface area contributed by atoms with Crippen LogP contribution >= 0.6 is 31.3 Å². The first-order chi connectivity index (χ1) is 35.7. The van der Waals surface area contributed by atoms with Gasteiger partial charge in [0.15, 0.2) is 41.9 Å². The average Bonchev–Trinajstić information content (AvgIpc) is 4.21.